The lowest BCUT2D eigenvalue weighted by atomic mass is 9.81. The van der Waals surface area contributed by atoms with Crippen molar-refractivity contribution < 1.29 is 0 Å². The van der Waals surface area contributed by atoms with Crippen LogP contribution in [0.15, 0.2) is 66.7 Å². The summed E-state index contributed by atoms with van der Waals surface area (Å²) in [6.07, 6.45) is 2.12. The molecule has 0 unspecified atom stereocenters. The van der Waals surface area contributed by atoms with Gasteiger partial charge in [0, 0.05) is 0 Å². The minimum Gasteiger partial charge on any atom is -0.0622 e. The summed E-state index contributed by atoms with van der Waals surface area (Å²) >= 11 is 0. The van der Waals surface area contributed by atoms with Crippen LogP contribution < -0.4 is 0 Å². The largest absolute Gasteiger partial charge is 0.0622 e. The van der Waals surface area contributed by atoms with E-state index in [0.717, 1.165) is 12.8 Å². The molecular weight excluding hydrogens is 252 g/mol. The Balaban J connectivity index is 1.88. The van der Waals surface area contributed by atoms with Crippen LogP contribution in [0.5, 0.6) is 0 Å². The highest BCUT2D eigenvalue weighted by molar-refractivity contribution is 5.71. The molecule has 0 bridgehead atoms. The Labute approximate surface area is 126 Å². The Morgan fingerprint density at radius 3 is 2.14 bits per heavy atom. The number of benzene rings is 3. The molecule has 0 atom stereocenters. The summed E-state index contributed by atoms with van der Waals surface area (Å²) in [4.78, 5) is 0. The predicted octanol–water partition coefficient (Wildman–Crippen LogP) is 5.16. The molecule has 0 nitrogen and oxygen atoms in total. The van der Waals surface area contributed by atoms with Crippen molar-refractivity contribution in [1.82, 2.24) is 0 Å². The normalized spacial score (nSPS) is 12.6. The third-order valence-electron chi connectivity index (χ3n) is 4.60. The highest BCUT2D eigenvalue weighted by atomic mass is 14.2. The fourth-order valence-corrected chi connectivity index (χ4v) is 3.46. The Hall–Kier alpha value is -2.34. The first-order valence-corrected chi connectivity index (χ1v) is 7.56. The molecule has 0 heterocycles. The van der Waals surface area contributed by atoms with Gasteiger partial charge in [-0.2, -0.15) is 0 Å². The number of aryl methyl sites for hydroxylation is 1. The molecule has 4 rings (SSSR count). The highest BCUT2D eigenvalue weighted by Crippen LogP contribution is 2.35. The average molecular weight is 270 g/mol. The Morgan fingerprint density at radius 1 is 0.619 bits per heavy atom. The van der Waals surface area contributed by atoms with E-state index in [9.17, 15) is 0 Å². The molecule has 0 amide bonds. The first-order valence-electron chi connectivity index (χ1n) is 7.56. The lowest BCUT2D eigenvalue weighted by Crippen LogP contribution is -2.10. The molecule has 21 heavy (non-hydrogen) atoms. The zero-order chi connectivity index (χ0) is 14.2. The molecule has 0 N–H and O–H groups in total. The van der Waals surface area contributed by atoms with Gasteiger partial charge in [-0.3, -0.25) is 0 Å². The van der Waals surface area contributed by atoms with Crippen LogP contribution in [-0.4, -0.2) is 0 Å². The SMILES string of the molecule is Cc1cccc2c1Cc1c(cccc1-c1ccccc1)C2. The van der Waals surface area contributed by atoms with Crippen LogP contribution in [-0.2, 0) is 12.8 Å². The first-order chi connectivity index (χ1) is 10.3. The summed E-state index contributed by atoms with van der Waals surface area (Å²) in [5.41, 5.74) is 10.1. The highest BCUT2D eigenvalue weighted by Gasteiger charge is 2.19. The molecule has 0 fully saturated rings. The maximum Gasteiger partial charge on any atom is -0.00113 e. The summed E-state index contributed by atoms with van der Waals surface area (Å²) in [5, 5.41) is 0. The van der Waals surface area contributed by atoms with E-state index in [1.54, 1.807) is 0 Å². The summed E-state index contributed by atoms with van der Waals surface area (Å²) in [6, 6.07) is 24.2. The Kier molecular flexibility index (Phi) is 2.89. The smallest absolute Gasteiger partial charge is 0.00113 e. The predicted molar refractivity (Wildman–Crippen MR) is 88.7 cm³/mol. The van der Waals surface area contributed by atoms with E-state index < -0.39 is 0 Å². The Morgan fingerprint density at radius 2 is 1.33 bits per heavy atom. The van der Waals surface area contributed by atoms with Gasteiger partial charge in [0.05, 0.1) is 0 Å². The Bertz CT molecular complexity index is 798. The van der Waals surface area contributed by atoms with Crippen molar-refractivity contribution in [3.8, 4) is 11.1 Å². The molecule has 1 aliphatic rings. The van der Waals surface area contributed by atoms with E-state index in [4.69, 9.17) is 0 Å². The van der Waals surface area contributed by atoms with E-state index in [0.29, 0.717) is 0 Å². The number of fused-ring (bicyclic) bond motifs is 2. The van der Waals surface area contributed by atoms with Crippen molar-refractivity contribution in [2.24, 2.45) is 0 Å². The molecule has 1 aliphatic carbocycles. The van der Waals surface area contributed by atoms with Gasteiger partial charge in [-0.1, -0.05) is 66.7 Å². The minimum absolute atomic E-state index is 1.06. The van der Waals surface area contributed by atoms with Gasteiger partial charge >= 0.3 is 0 Å². The van der Waals surface area contributed by atoms with Gasteiger partial charge in [0.2, 0.25) is 0 Å². The van der Waals surface area contributed by atoms with Gasteiger partial charge in [-0.25, -0.2) is 0 Å². The van der Waals surface area contributed by atoms with Crippen LogP contribution in [0.2, 0.25) is 0 Å². The monoisotopic (exact) mass is 270 g/mol. The van der Waals surface area contributed by atoms with Gasteiger partial charge in [-0.15, -0.1) is 0 Å². The average Bonchev–Trinajstić information content (AvgIpc) is 2.54. The van der Waals surface area contributed by atoms with Crippen molar-refractivity contribution in [3.63, 3.8) is 0 Å². The van der Waals surface area contributed by atoms with Crippen LogP contribution in [0.1, 0.15) is 27.8 Å². The molecule has 0 spiro atoms. The van der Waals surface area contributed by atoms with Gasteiger partial charge in [0.1, 0.15) is 0 Å². The fourth-order valence-electron chi connectivity index (χ4n) is 3.46. The molecule has 0 aliphatic heterocycles. The van der Waals surface area contributed by atoms with Crippen molar-refractivity contribution in [1.29, 1.82) is 0 Å². The quantitative estimate of drug-likeness (QED) is 0.448. The summed E-state index contributed by atoms with van der Waals surface area (Å²) < 4.78 is 0. The van der Waals surface area contributed by atoms with Crippen LogP contribution in [0.25, 0.3) is 11.1 Å². The van der Waals surface area contributed by atoms with Crippen LogP contribution in [0.4, 0.5) is 0 Å². The second-order valence-electron chi connectivity index (χ2n) is 5.88. The van der Waals surface area contributed by atoms with E-state index in [2.05, 4.69) is 73.7 Å². The topological polar surface area (TPSA) is 0 Å². The molecule has 3 aromatic carbocycles. The van der Waals surface area contributed by atoms with Crippen LogP contribution in [0, 0.1) is 6.92 Å². The third kappa shape index (κ3) is 2.08. The number of hydrogen-bond donors (Lipinski definition) is 0. The number of rotatable bonds is 1. The van der Waals surface area contributed by atoms with E-state index >= 15 is 0 Å². The third-order valence-corrected chi connectivity index (χ3v) is 4.60. The molecule has 0 saturated carbocycles. The molecule has 0 aromatic heterocycles. The standard InChI is InChI=1S/C21H18/c1-15-7-5-10-17-13-18-11-6-12-19(21(18)14-20(15)17)16-8-3-2-4-9-16/h2-12H,13-14H2,1H3. The summed E-state index contributed by atoms with van der Waals surface area (Å²) in [7, 11) is 0. The lowest BCUT2D eigenvalue weighted by molar-refractivity contribution is 0.988. The van der Waals surface area contributed by atoms with Crippen molar-refractivity contribution in [2.45, 2.75) is 19.8 Å². The van der Waals surface area contributed by atoms with Crippen molar-refractivity contribution in [2.75, 3.05) is 0 Å². The van der Waals surface area contributed by atoms with E-state index in [-0.39, 0.29) is 0 Å². The van der Waals surface area contributed by atoms with Gasteiger partial charge in [-0.05, 0) is 58.7 Å². The van der Waals surface area contributed by atoms with Gasteiger partial charge in [0.15, 0.2) is 0 Å². The van der Waals surface area contributed by atoms with Gasteiger partial charge < -0.3 is 0 Å². The second kappa shape index (κ2) is 4.89. The zero-order valence-corrected chi connectivity index (χ0v) is 12.3. The molecule has 0 saturated heterocycles. The van der Waals surface area contributed by atoms with Gasteiger partial charge in [0.25, 0.3) is 0 Å². The molecule has 0 radical (unpaired) electrons. The lowest BCUT2D eigenvalue weighted by Gasteiger charge is -2.24. The maximum atomic E-state index is 2.28. The number of hydrogen-bond acceptors (Lipinski definition) is 0. The molecule has 102 valence electrons. The summed E-state index contributed by atoms with van der Waals surface area (Å²) in [5.74, 6) is 0. The fraction of sp³-hybridized carbons (Fsp3) is 0.143. The van der Waals surface area contributed by atoms with E-state index in [1.165, 1.54) is 38.9 Å². The van der Waals surface area contributed by atoms with Crippen molar-refractivity contribution >= 4 is 0 Å². The maximum absolute atomic E-state index is 2.28. The molecular formula is C21H18. The first kappa shape index (κ1) is 12.4. The molecule has 0 heteroatoms. The molecule has 3 aromatic rings. The minimum atomic E-state index is 1.06. The zero-order valence-electron chi connectivity index (χ0n) is 12.3. The van der Waals surface area contributed by atoms with Crippen LogP contribution in [0.3, 0.4) is 0 Å². The van der Waals surface area contributed by atoms with Crippen molar-refractivity contribution in [3.05, 3.63) is 94.5 Å². The van der Waals surface area contributed by atoms with Crippen LogP contribution >= 0.6 is 0 Å². The summed E-state index contributed by atoms with van der Waals surface area (Å²) in [6.45, 7) is 2.23. The second-order valence-corrected chi connectivity index (χ2v) is 5.88. The van der Waals surface area contributed by atoms with E-state index in [1.807, 2.05) is 0 Å².